The summed E-state index contributed by atoms with van der Waals surface area (Å²) in [4.78, 5) is 6.86. The maximum absolute atomic E-state index is 6.00. The number of halogens is 2. The number of aromatic nitrogens is 2. The van der Waals surface area contributed by atoms with Gasteiger partial charge in [0.05, 0.1) is 6.54 Å². The molecule has 1 saturated heterocycles. The molecular formula is C16H22Cl2N4O. The standard InChI is InChI=1S/C16H21ClN4O.ClH/c17-14-5-1-4-13(9-14)16-19-15(22-20-16)11-21-8-2-3-12(10-21)6-7-18;/h1,4-5,9,12H,2-3,6-8,10-11,18H2;1H. The third-order valence-electron chi connectivity index (χ3n) is 4.09. The Hall–Kier alpha value is -1.14. The Balaban J connectivity index is 0.00000192. The molecule has 1 atom stereocenters. The molecule has 0 aliphatic carbocycles. The summed E-state index contributed by atoms with van der Waals surface area (Å²) in [7, 11) is 0. The van der Waals surface area contributed by atoms with E-state index in [0.29, 0.717) is 29.2 Å². The maximum Gasteiger partial charge on any atom is 0.241 e. The molecule has 1 aromatic carbocycles. The van der Waals surface area contributed by atoms with E-state index in [1.807, 2.05) is 24.3 Å². The van der Waals surface area contributed by atoms with Gasteiger partial charge in [0.15, 0.2) is 0 Å². The number of rotatable bonds is 5. The van der Waals surface area contributed by atoms with Gasteiger partial charge in [0.1, 0.15) is 0 Å². The molecular weight excluding hydrogens is 335 g/mol. The summed E-state index contributed by atoms with van der Waals surface area (Å²) in [5.74, 6) is 1.94. The second-order valence-corrected chi connectivity index (χ2v) is 6.28. The van der Waals surface area contributed by atoms with E-state index in [9.17, 15) is 0 Å². The summed E-state index contributed by atoms with van der Waals surface area (Å²) in [6.07, 6.45) is 3.57. The second-order valence-electron chi connectivity index (χ2n) is 5.84. The van der Waals surface area contributed by atoms with Gasteiger partial charge in [-0.25, -0.2) is 0 Å². The monoisotopic (exact) mass is 356 g/mol. The number of benzene rings is 1. The lowest BCUT2D eigenvalue weighted by molar-refractivity contribution is 0.146. The van der Waals surface area contributed by atoms with E-state index >= 15 is 0 Å². The Morgan fingerprint density at radius 3 is 3.04 bits per heavy atom. The van der Waals surface area contributed by atoms with Crippen molar-refractivity contribution in [3.8, 4) is 11.4 Å². The lowest BCUT2D eigenvalue weighted by Gasteiger charge is -2.31. The second kappa shape index (κ2) is 8.64. The van der Waals surface area contributed by atoms with Crippen LogP contribution in [-0.4, -0.2) is 34.7 Å². The van der Waals surface area contributed by atoms with Crippen LogP contribution in [0.25, 0.3) is 11.4 Å². The van der Waals surface area contributed by atoms with Crippen molar-refractivity contribution < 1.29 is 4.52 Å². The van der Waals surface area contributed by atoms with Gasteiger partial charge >= 0.3 is 0 Å². The number of likely N-dealkylation sites (tertiary alicyclic amines) is 1. The maximum atomic E-state index is 6.00. The van der Waals surface area contributed by atoms with Gasteiger partial charge in [-0.1, -0.05) is 28.9 Å². The third kappa shape index (κ3) is 4.91. The Labute approximate surface area is 147 Å². The average molecular weight is 357 g/mol. The predicted octanol–water partition coefficient (Wildman–Crippen LogP) is 3.37. The van der Waals surface area contributed by atoms with Gasteiger partial charge in [-0.05, 0) is 50.4 Å². The lowest BCUT2D eigenvalue weighted by atomic mass is 9.95. The fourth-order valence-corrected chi connectivity index (χ4v) is 3.21. The molecule has 1 fully saturated rings. The van der Waals surface area contributed by atoms with E-state index in [1.165, 1.54) is 12.8 Å². The Bertz CT molecular complexity index is 618. The highest BCUT2D eigenvalue weighted by molar-refractivity contribution is 6.30. The largest absolute Gasteiger partial charge is 0.338 e. The van der Waals surface area contributed by atoms with E-state index in [4.69, 9.17) is 21.9 Å². The van der Waals surface area contributed by atoms with Crippen LogP contribution >= 0.6 is 24.0 Å². The van der Waals surface area contributed by atoms with Crippen molar-refractivity contribution in [2.75, 3.05) is 19.6 Å². The fourth-order valence-electron chi connectivity index (χ4n) is 3.02. The van der Waals surface area contributed by atoms with Crippen LogP contribution in [0.2, 0.25) is 5.02 Å². The molecule has 0 amide bonds. The van der Waals surface area contributed by atoms with Crippen molar-refractivity contribution >= 4 is 24.0 Å². The molecule has 0 saturated carbocycles. The summed E-state index contributed by atoms with van der Waals surface area (Å²) in [6.45, 7) is 3.61. The van der Waals surface area contributed by atoms with Crippen LogP contribution in [0.3, 0.4) is 0 Å². The first kappa shape index (κ1) is 18.2. The minimum atomic E-state index is 0. The SMILES string of the molecule is Cl.NCCC1CCCN(Cc2nc(-c3cccc(Cl)c3)no2)C1. The molecule has 0 bridgehead atoms. The van der Waals surface area contributed by atoms with Crippen molar-refractivity contribution in [1.29, 1.82) is 0 Å². The van der Waals surface area contributed by atoms with Crippen LogP contribution in [-0.2, 0) is 6.54 Å². The smallest absolute Gasteiger partial charge is 0.241 e. The zero-order valence-corrected chi connectivity index (χ0v) is 14.5. The highest BCUT2D eigenvalue weighted by Gasteiger charge is 2.21. The molecule has 0 spiro atoms. The molecule has 1 aliphatic heterocycles. The van der Waals surface area contributed by atoms with Gasteiger partial charge in [-0.15, -0.1) is 12.4 Å². The first-order chi connectivity index (χ1) is 10.7. The number of hydrogen-bond donors (Lipinski definition) is 1. The van der Waals surface area contributed by atoms with E-state index in [1.54, 1.807) is 0 Å². The summed E-state index contributed by atoms with van der Waals surface area (Å²) >= 11 is 6.00. The number of piperidine rings is 1. The Morgan fingerprint density at radius 1 is 1.39 bits per heavy atom. The Morgan fingerprint density at radius 2 is 2.26 bits per heavy atom. The molecule has 3 rings (SSSR count). The fraction of sp³-hybridized carbons (Fsp3) is 0.500. The van der Waals surface area contributed by atoms with Gasteiger partial charge in [0.2, 0.25) is 11.7 Å². The summed E-state index contributed by atoms with van der Waals surface area (Å²) in [5, 5.41) is 4.73. The van der Waals surface area contributed by atoms with Crippen LogP contribution in [0.15, 0.2) is 28.8 Å². The minimum absolute atomic E-state index is 0. The molecule has 2 aromatic rings. The zero-order valence-electron chi connectivity index (χ0n) is 12.9. The first-order valence-corrected chi connectivity index (χ1v) is 8.13. The van der Waals surface area contributed by atoms with Crippen LogP contribution in [0.1, 0.15) is 25.2 Å². The molecule has 0 radical (unpaired) electrons. The van der Waals surface area contributed by atoms with E-state index in [0.717, 1.165) is 31.6 Å². The zero-order chi connectivity index (χ0) is 15.4. The van der Waals surface area contributed by atoms with E-state index < -0.39 is 0 Å². The molecule has 2 N–H and O–H groups in total. The molecule has 1 aliphatic rings. The van der Waals surface area contributed by atoms with E-state index in [2.05, 4.69) is 15.0 Å². The molecule has 23 heavy (non-hydrogen) atoms. The van der Waals surface area contributed by atoms with Crippen molar-refractivity contribution in [1.82, 2.24) is 15.0 Å². The van der Waals surface area contributed by atoms with E-state index in [-0.39, 0.29) is 12.4 Å². The number of nitrogens with two attached hydrogens (primary N) is 1. The first-order valence-electron chi connectivity index (χ1n) is 7.75. The topological polar surface area (TPSA) is 68.2 Å². The van der Waals surface area contributed by atoms with Gasteiger partial charge < -0.3 is 10.3 Å². The number of nitrogens with zero attached hydrogens (tertiary/aromatic N) is 3. The van der Waals surface area contributed by atoms with Crippen LogP contribution < -0.4 is 5.73 Å². The highest BCUT2D eigenvalue weighted by Crippen LogP contribution is 2.22. The number of hydrogen-bond acceptors (Lipinski definition) is 5. The summed E-state index contributed by atoms with van der Waals surface area (Å²) in [6, 6.07) is 7.49. The quantitative estimate of drug-likeness (QED) is 0.889. The molecule has 5 nitrogen and oxygen atoms in total. The molecule has 2 heterocycles. The minimum Gasteiger partial charge on any atom is -0.338 e. The third-order valence-corrected chi connectivity index (χ3v) is 4.32. The molecule has 126 valence electrons. The highest BCUT2D eigenvalue weighted by atomic mass is 35.5. The van der Waals surface area contributed by atoms with Gasteiger partial charge in [0, 0.05) is 17.1 Å². The Kier molecular flexibility index (Phi) is 6.84. The van der Waals surface area contributed by atoms with Gasteiger partial charge in [-0.2, -0.15) is 4.98 Å². The van der Waals surface area contributed by atoms with Crippen molar-refractivity contribution in [3.05, 3.63) is 35.2 Å². The van der Waals surface area contributed by atoms with Gasteiger partial charge in [-0.3, -0.25) is 4.90 Å². The van der Waals surface area contributed by atoms with Gasteiger partial charge in [0.25, 0.3) is 0 Å². The normalized spacial score (nSPS) is 18.6. The molecule has 7 heteroatoms. The predicted molar refractivity (Wildman–Crippen MR) is 93.7 cm³/mol. The van der Waals surface area contributed by atoms with Crippen molar-refractivity contribution in [3.63, 3.8) is 0 Å². The summed E-state index contributed by atoms with van der Waals surface area (Å²) < 4.78 is 5.39. The van der Waals surface area contributed by atoms with Crippen molar-refractivity contribution in [2.24, 2.45) is 11.7 Å². The van der Waals surface area contributed by atoms with Crippen LogP contribution in [0.4, 0.5) is 0 Å². The van der Waals surface area contributed by atoms with Crippen LogP contribution in [0, 0.1) is 5.92 Å². The average Bonchev–Trinajstić information content (AvgIpc) is 2.96. The molecule has 1 aromatic heterocycles. The molecule has 1 unspecified atom stereocenters. The lowest BCUT2D eigenvalue weighted by Crippen LogP contribution is -2.35. The van der Waals surface area contributed by atoms with Crippen molar-refractivity contribution in [2.45, 2.75) is 25.8 Å². The van der Waals surface area contributed by atoms with Crippen LogP contribution in [0.5, 0.6) is 0 Å². The summed E-state index contributed by atoms with van der Waals surface area (Å²) in [5.41, 5.74) is 6.54.